The van der Waals surface area contributed by atoms with E-state index in [1.165, 1.54) is 12.1 Å². The molecule has 4 nitrogen and oxygen atoms in total. The number of hydrogen-bond acceptors (Lipinski definition) is 4. The lowest BCUT2D eigenvalue weighted by atomic mass is 9.99. The third kappa shape index (κ3) is 3.33. The van der Waals surface area contributed by atoms with Crippen LogP contribution >= 0.6 is 0 Å². The van der Waals surface area contributed by atoms with Crippen molar-refractivity contribution in [3.05, 3.63) is 58.9 Å². The minimum atomic E-state index is -0.226. The van der Waals surface area contributed by atoms with Gasteiger partial charge in [-0.25, -0.2) is 14.4 Å². The van der Waals surface area contributed by atoms with Gasteiger partial charge in [-0.15, -0.1) is 0 Å². The summed E-state index contributed by atoms with van der Waals surface area (Å²) in [5.41, 5.74) is 5.53. The lowest BCUT2D eigenvalue weighted by Gasteiger charge is -2.17. The predicted molar refractivity (Wildman–Crippen MR) is 71.7 cm³/mol. The van der Waals surface area contributed by atoms with E-state index in [-0.39, 0.29) is 11.9 Å². The Morgan fingerprint density at radius 1 is 1.32 bits per heavy atom. The zero-order valence-electron chi connectivity index (χ0n) is 11.0. The van der Waals surface area contributed by atoms with E-state index in [0.29, 0.717) is 12.2 Å². The molecule has 3 N–H and O–H groups in total. The Labute approximate surface area is 111 Å². The fraction of sp³-hybridized carbons (Fsp3) is 0.286. The van der Waals surface area contributed by atoms with Gasteiger partial charge >= 0.3 is 0 Å². The summed E-state index contributed by atoms with van der Waals surface area (Å²) in [5.74, 6) is 6.08. The third-order valence-electron chi connectivity index (χ3n) is 3.08. The summed E-state index contributed by atoms with van der Waals surface area (Å²) in [7, 11) is 0. The van der Waals surface area contributed by atoms with E-state index in [9.17, 15) is 4.39 Å². The first kappa shape index (κ1) is 13.6. The number of nitrogens with one attached hydrogen (secondary N) is 1. The van der Waals surface area contributed by atoms with Crippen molar-refractivity contribution in [2.45, 2.75) is 26.3 Å². The molecule has 5 heteroatoms. The molecule has 0 saturated carbocycles. The topological polar surface area (TPSA) is 63.8 Å². The molecule has 0 aliphatic rings. The van der Waals surface area contributed by atoms with Crippen LogP contribution in [0.25, 0.3) is 0 Å². The van der Waals surface area contributed by atoms with Gasteiger partial charge in [0, 0.05) is 6.20 Å². The van der Waals surface area contributed by atoms with E-state index in [1.807, 2.05) is 19.9 Å². The van der Waals surface area contributed by atoms with Crippen molar-refractivity contribution < 1.29 is 4.39 Å². The molecule has 1 aromatic carbocycles. The second-order valence-corrected chi connectivity index (χ2v) is 4.52. The number of halogens is 1. The second kappa shape index (κ2) is 5.86. The van der Waals surface area contributed by atoms with Crippen LogP contribution in [-0.4, -0.2) is 9.97 Å². The molecule has 2 rings (SSSR count). The van der Waals surface area contributed by atoms with Crippen LogP contribution in [0.5, 0.6) is 0 Å². The first-order valence-electron chi connectivity index (χ1n) is 6.11. The molecule has 0 bridgehead atoms. The number of benzene rings is 1. The monoisotopic (exact) mass is 260 g/mol. The summed E-state index contributed by atoms with van der Waals surface area (Å²) >= 11 is 0. The van der Waals surface area contributed by atoms with E-state index < -0.39 is 0 Å². The fourth-order valence-electron chi connectivity index (χ4n) is 2.03. The van der Waals surface area contributed by atoms with Crippen molar-refractivity contribution in [1.29, 1.82) is 0 Å². The Hall–Kier alpha value is -1.85. The third-order valence-corrected chi connectivity index (χ3v) is 3.08. The lowest BCUT2D eigenvalue weighted by Crippen LogP contribution is -2.30. The summed E-state index contributed by atoms with van der Waals surface area (Å²) in [6.07, 6.45) is 2.36. The molecular formula is C14H17FN4. The largest absolute Gasteiger partial charge is 0.271 e. The van der Waals surface area contributed by atoms with Gasteiger partial charge in [-0.1, -0.05) is 6.07 Å². The van der Waals surface area contributed by atoms with E-state index in [1.54, 1.807) is 12.3 Å². The van der Waals surface area contributed by atoms with E-state index in [2.05, 4.69) is 15.4 Å². The maximum atomic E-state index is 13.1. The van der Waals surface area contributed by atoms with Crippen LogP contribution in [0.2, 0.25) is 0 Å². The minimum absolute atomic E-state index is 0.120. The van der Waals surface area contributed by atoms with Crippen LogP contribution in [-0.2, 0) is 6.42 Å². The molecule has 0 fully saturated rings. The molecule has 19 heavy (non-hydrogen) atoms. The van der Waals surface area contributed by atoms with Crippen molar-refractivity contribution in [2.24, 2.45) is 5.84 Å². The average molecular weight is 260 g/mol. The van der Waals surface area contributed by atoms with E-state index >= 15 is 0 Å². The van der Waals surface area contributed by atoms with Gasteiger partial charge in [-0.3, -0.25) is 11.3 Å². The van der Waals surface area contributed by atoms with Gasteiger partial charge in [-0.2, -0.15) is 0 Å². The number of nitrogens with zero attached hydrogens (tertiary/aromatic N) is 2. The molecule has 1 unspecified atom stereocenters. The number of hydrogen-bond donors (Lipinski definition) is 2. The van der Waals surface area contributed by atoms with Crippen LogP contribution in [0.4, 0.5) is 4.39 Å². The summed E-state index contributed by atoms with van der Waals surface area (Å²) in [4.78, 5) is 8.42. The highest BCUT2D eigenvalue weighted by atomic mass is 19.1. The van der Waals surface area contributed by atoms with E-state index in [0.717, 1.165) is 16.8 Å². The number of aryl methyl sites for hydroxylation is 2. The predicted octanol–water partition coefficient (Wildman–Crippen LogP) is 1.98. The van der Waals surface area contributed by atoms with Crippen molar-refractivity contribution in [1.82, 2.24) is 15.4 Å². The van der Waals surface area contributed by atoms with Gasteiger partial charge < -0.3 is 0 Å². The molecule has 0 aliphatic heterocycles. The Bertz CT molecular complexity index is 571. The molecular weight excluding hydrogens is 243 g/mol. The van der Waals surface area contributed by atoms with Crippen LogP contribution in [0, 0.1) is 19.7 Å². The zero-order valence-corrected chi connectivity index (χ0v) is 11.0. The number of aromatic nitrogens is 2. The highest BCUT2D eigenvalue weighted by Gasteiger charge is 2.14. The van der Waals surface area contributed by atoms with Gasteiger partial charge in [0.05, 0.1) is 11.7 Å². The SMILES string of the molecule is Cc1nccc(C(Cc2ccc(F)cc2C)NN)n1. The van der Waals surface area contributed by atoms with Crippen LogP contribution in [0.15, 0.2) is 30.5 Å². The molecule has 1 heterocycles. The lowest BCUT2D eigenvalue weighted by molar-refractivity contribution is 0.533. The minimum Gasteiger partial charge on any atom is -0.271 e. The molecule has 100 valence electrons. The maximum absolute atomic E-state index is 13.1. The van der Waals surface area contributed by atoms with Crippen LogP contribution in [0.3, 0.4) is 0 Å². The second-order valence-electron chi connectivity index (χ2n) is 4.52. The highest BCUT2D eigenvalue weighted by Crippen LogP contribution is 2.19. The van der Waals surface area contributed by atoms with Gasteiger partial charge in [-0.05, 0) is 49.6 Å². The normalized spacial score (nSPS) is 12.4. The van der Waals surface area contributed by atoms with E-state index in [4.69, 9.17) is 5.84 Å². The maximum Gasteiger partial charge on any atom is 0.125 e. The smallest absolute Gasteiger partial charge is 0.125 e. The summed E-state index contributed by atoms with van der Waals surface area (Å²) < 4.78 is 13.1. The Kier molecular flexibility index (Phi) is 4.19. The van der Waals surface area contributed by atoms with Crippen molar-refractivity contribution in [3.8, 4) is 0 Å². The standard InChI is InChI=1S/C14H17FN4/c1-9-7-12(15)4-3-11(9)8-14(19-16)13-5-6-17-10(2)18-13/h3-7,14,19H,8,16H2,1-2H3. The van der Waals surface area contributed by atoms with Crippen molar-refractivity contribution >= 4 is 0 Å². The molecule has 0 radical (unpaired) electrons. The van der Waals surface area contributed by atoms with Gasteiger partial charge in [0.25, 0.3) is 0 Å². The molecule has 0 amide bonds. The first-order valence-corrected chi connectivity index (χ1v) is 6.11. The van der Waals surface area contributed by atoms with Gasteiger partial charge in [0.2, 0.25) is 0 Å². The molecule has 0 spiro atoms. The van der Waals surface area contributed by atoms with Crippen molar-refractivity contribution in [3.63, 3.8) is 0 Å². The van der Waals surface area contributed by atoms with Crippen LogP contribution in [0.1, 0.15) is 28.7 Å². The summed E-state index contributed by atoms with van der Waals surface area (Å²) in [6.45, 7) is 3.72. The fourth-order valence-corrected chi connectivity index (χ4v) is 2.03. The summed E-state index contributed by atoms with van der Waals surface area (Å²) in [6, 6.07) is 6.47. The Balaban J connectivity index is 2.24. The van der Waals surface area contributed by atoms with Crippen LogP contribution < -0.4 is 11.3 Å². The van der Waals surface area contributed by atoms with Gasteiger partial charge in [0.15, 0.2) is 0 Å². The molecule has 2 aromatic rings. The summed E-state index contributed by atoms with van der Waals surface area (Å²) in [5, 5.41) is 0. The number of nitrogens with two attached hydrogens (primary N) is 1. The molecule has 0 aliphatic carbocycles. The Morgan fingerprint density at radius 2 is 2.11 bits per heavy atom. The Morgan fingerprint density at radius 3 is 2.74 bits per heavy atom. The molecule has 1 aromatic heterocycles. The highest BCUT2D eigenvalue weighted by molar-refractivity contribution is 5.28. The number of hydrazine groups is 1. The van der Waals surface area contributed by atoms with Crippen molar-refractivity contribution in [2.75, 3.05) is 0 Å². The average Bonchev–Trinajstić information content (AvgIpc) is 2.38. The zero-order chi connectivity index (χ0) is 13.8. The molecule has 1 atom stereocenters. The van der Waals surface area contributed by atoms with Gasteiger partial charge in [0.1, 0.15) is 11.6 Å². The first-order chi connectivity index (χ1) is 9.10. The quantitative estimate of drug-likeness (QED) is 0.651. The molecule has 0 saturated heterocycles. The number of rotatable bonds is 4.